The van der Waals surface area contributed by atoms with Crippen LogP contribution in [-0.4, -0.2) is 10.2 Å². The van der Waals surface area contributed by atoms with Gasteiger partial charge in [0, 0.05) is 5.56 Å². The summed E-state index contributed by atoms with van der Waals surface area (Å²) in [7, 11) is 0. The Morgan fingerprint density at radius 3 is 2.44 bits per heavy atom. The van der Waals surface area contributed by atoms with Gasteiger partial charge in [-0.15, -0.1) is 5.11 Å². The lowest BCUT2D eigenvalue weighted by Crippen LogP contribution is -2.03. The van der Waals surface area contributed by atoms with Crippen LogP contribution in [-0.2, 0) is 6.18 Å². The van der Waals surface area contributed by atoms with Gasteiger partial charge >= 0.3 is 6.18 Å². The van der Waals surface area contributed by atoms with E-state index in [-0.39, 0.29) is 17.2 Å². The fourth-order valence-corrected chi connectivity index (χ4v) is 2.22. The smallest absolute Gasteiger partial charge is 0.380 e. The largest absolute Gasteiger partial charge is 0.416 e. The van der Waals surface area contributed by atoms with Crippen molar-refractivity contribution in [2.75, 3.05) is 5.73 Å². The maximum absolute atomic E-state index is 12.8. The predicted molar refractivity (Wildman–Crippen MR) is 88.8 cm³/mol. The molecule has 0 spiro atoms. The molecular formula is C17H14F3N5. The third-order valence-corrected chi connectivity index (χ3v) is 3.55. The van der Waals surface area contributed by atoms with E-state index in [0.717, 1.165) is 23.3 Å². The van der Waals surface area contributed by atoms with Crippen LogP contribution in [0.15, 0.2) is 58.8 Å². The van der Waals surface area contributed by atoms with Crippen LogP contribution in [0.1, 0.15) is 11.1 Å². The summed E-state index contributed by atoms with van der Waals surface area (Å²) in [6, 6.07) is 12.2. The maximum Gasteiger partial charge on any atom is 0.416 e. The van der Waals surface area contributed by atoms with Crippen molar-refractivity contribution in [1.82, 2.24) is 10.2 Å². The molecule has 1 aromatic heterocycles. The summed E-state index contributed by atoms with van der Waals surface area (Å²) in [5.41, 5.74) is 7.79. The fraction of sp³-hybridized carbons (Fsp3) is 0.118. The van der Waals surface area contributed by atoms with E-state index >= 15 is 0 Å². The van der Waals surface area contributed by atoms with Gasteiger partial charge < -0.3 is 5.73 Å². The highest BCUT2D eigenvalue weighted by Gasteiger charge is 2.30. The number of alkyl halides is 3. The lowest BCUT2D eigenvalue weighted by Gasteiger charge is -2.06. The normalized spacial score (nSPS) is 12.0. The van der Waals surface area contributed by atoms with E-state index in [4.69, 9.17) is 5.73 Å². The van der Waals surface area contributed by atoms with Gasteiger partial charge in [0.05, 0.1) is 16.9 Å². The molecule has 0 aliphatic rings. The van der Waals surface area contributed by atoms with E-state index in [9.17, 15) is 13.2 Å². The molecule has 0 saturated heterocycles. The number of aryl methyl sites for hydroxylation is 1. The average molecular weight is 345 g/mol. The molecule has 2 aromatic carbocycles. The third-order valence-electron chi connectivity index (χ3n) is 3.55. The number of hydrogen-bond donors (Lipinski definition) is 2. The quantitative estimate of drug-likeness (QED) is 0.623. The molecule has 0 radical (unpaired) electrons. The summed E-state index contributed by atoms with van der Waals surface area (Å²) in [6.45, 7) is 1.96. The first-order valence-corrected chi connectivity index (χ1v) is 7.34. The van der Waals surface area contributed by atoms with Crippen molar-refractivity contribution < 1.29 is 13.2 Å². The van der Waals surface area contributed by atoms with Crippen LogP contribution in [0.5, 0.6) is 0 Å². The highest BCUT2D eigenvalue weighted by atomic mass is 19.4. The Morgan fingerprint density at radius 2 is 1.76 bits per heavy atom. The molecule has 0 saturated carbocycles. The van der Waals surface area contributed by atoms with Crippen LogP contribution in [0.2, 0.25) is 0 Å². The molecule has 0 unspecified atom stereocenters. The van der Waals surface area contributed by atoms with Crippen LogP contribution < -0.4 is 5.73 Å². The summed E-state index contributed by atoms with van der Waals surface area (Å²) < 4.78 is 38.3. The first-order valence-electron chi connectivity index (χ1n) is 7.34. The Morgan fingerprint density at radius 1 is 1.04 bits per heavy atom. The highest BCUT2D eigenvalue weighted by molar-refractivity contribution is 5.79. The van der Waals surface area contributed by atoms with Crippen molar-refractivity contribution >= 4 is 17.2 Å². The Kier molecular flexibility index (Phi) is 4.26. The number of H-pyrrole nitrogens is 1. The molecule has 25 heavy (non-hydrogen) atoms. The number of aromatic amines is 1. The van der Waals surface area contributed by atoms with Gasteiger partial charge in [-0.25, -0.2) is 0 Å². The second kappa shape index (κ2) is 6.39. The van der Waals surface area contributed by atoms with Crippen LogP contribution in [0, 0.1) is 6.92 Å². The number of anilines is 1. The SMILES string of the molecule is Cc1ccc(-c2[nH]nc(N)c2N=Nc2cccc(C(F)(F)F)c2)cc1. The zero-order chi connectivity index (χ0) is 18.0. The molecule has 128 valence electrons. The van der Waals surface area contributed by atoms with E-state index in [1.807, 2.05) is 31.2 Å². The Bertz CT molecular complexity index is 911. The number of rotatable bonds is 3. The van der Waals surface area contributed by atoms with Crippen molar-refractivity contribution in [3.05, 3.63) is 59.7 Å². The number of nitrogen functional groups attached to an aromatic ring is 1. The van der Waals surface area contributed by atoms with E-state index in [2.05, 4.69) is 20.4 Å². The van der Waals surface area contributed by atoms with Crippen molar-refractivity contribution in [2.24, 2.45) is 10.2 Å². The van der Waals surface area contributed by atoms with E-state index in [1.165, 1.54) is 12.1 Å². The molecule has 0 bridgehead atoms. The molecule has 5 nitrogen and oxygen atoms in total. The lowest BCUT2D eigenvalue weighted by molar-refractivity contribution is -0.137. The zero-order valence-corrected chi connectivity index (χ0v) is 13.2. The summed E-state index contributed by atoms with van der Waals surface area (Å²) in [5.74, 6) is 0.117. The zero-order valence-electron chi connectivity index (χ0n) is 13.2. The number of hydrogen-bond acceptors (Lipinski definition) is 4. The Balaban J connectivity index is 1.95. The number of benzene rings is 2. The highest BCUT2D eigenvalue weighted by Crippen LogP contribution is 2.35. The summed E-state index contributed by atoms with van der Waals surface area (Å²) in [4.78, 5) is 0. The van der Waals surface area contributed by atoms with Crippen LogP contribution in [0.25, 0.3) is 11.3 Å². The molecule has 3 rings (SSSR count). The average Bonchev–Trinajstić information content (AvgIpc) is 2.94. The number of halogens is 3. The van der Waals surface area contributed by atoms with Gasteiger partial charge in [0.15, 0.2) is 11.5 Å². The number of nitrogens with two attached hydrogens (primary N) is 1. The Hall–Kier alpha value is -3.16. The monoisotopic (exact) mass is 345 g/mol. The maximum atomic E-state index is 12.8. The molecule has 0 amide bonds. The molecule has 0 aliphatic carbocycles. The standard InChI is InChI=1S/C17H14F3N5/c1-10-5-7-11(8-6-10)14-15(16(21)25-23-14)24-22-13-4-2-3-12(9-13)17(18,19)20/h2-9H,1H3,(H3,21,23,25). The predicted octanol–water partition coefficient (Wildman–Crippen LogP) is 5.40. The number of nitrogens with zero attached hydrogens (tertiary/aromatic N) is 3. The molecule has 1 heterocycles. The first-order chi connectivity index (χ1) is 11.8. The summed E-state index contributed by atoms with van der Waals surface area (Å²) in [5, 5.41) is 14.5. The van der Waals surface area contributed by atoms with Crippen molar-refractivity contribution in [2.45, 2.75) is 13.1 Å². The second-order valence-corrected chi connectivity index (χ2v) is 5.45. The van der Waals surface area contributed by atoms with Gasteiger partial charge in [-0.1, -0.05) is 35.9 Å². The molecular weight excluding hydrogens is 331 g/mol. The van der Waals surface area contributed by atoms with E-state index < -0.39 is 11.7 Å². The van der Waals surface area contributed by atoms with Gasteiger partial charge in [0.2, 0.25) is 0 Å². The number of azo groups is 1. The summed E-state index contributed by atoms with van der Waals surface area (Å²) in [6.07, 6.45) is -4.44. The van der Waals surface area contributed by atoms with Gasteiger partial charge in [0.25, 0.3) is 0 Å². The van der Waals surface area contributed by atoms with E-state index in [1.54, 1.807) is 0 Å². The minimum Gasteiger partial charge on any atom is -0.380 e. The van der Waals surface area contributed by atoms with Gasteiger partial charge in [-0.3, -0.25) is 5.10 Å². The van der Waals surface area contributed by atoms with Gasteiger partial charge in [-0.2, -0.15) is 23.4 Å². The third kappa shape index (κ3) is 3.68. The summed E-state index contributed by atoms with van der Waals surface area (Å²) >= 11 is 0. The van der Waals surface area contributed by atoms with Gasteiger partial charge in [0.1, 0.15) is 0 Å². The topological polar surface area (TPSA) is 79.4 Å². The van der Waals surface area contributed by atoms with Crippen LogP contribution in [0.3, 0.4) is 0 Å². The molecule has 8 heteroatoms. The van der Waals surface area contributed by atoms with E-state index in [0.29, 0.717) is 5.69 Å². The Labute approximate surface area is 141 Å². The molecule has 0 aliphatic heterocycles. The first kappa shape index (κ1) is 16.7. The molecule has 3 N–H and O–H groups in total. The molecule has 0 atom stereocenters. The lowest BCUT2D eigenvalue weighted by atomic mass is 10.1. The minimum atomic E-state index is -4.44. The number of aromatic nitrogens is 2. The van der Waals surface area contributed by atoms with Crippen LogP contribution in [0.4, 0.5) is 30.4 Å². The van der Waals surface area contributed by atoms with Crippen LogP contribution >= 0.6 is 0 Å². The van der Waals surface area contributed by atoms with Crippen molar-refractivity contribution in [1.29, 1.82) is 0 Å². The number of nitrogens with one attached hydrogen (secondary N) is 1. The van der Waals surface area contributed by atoms with Crippen molar-refractivity contribution in [3.8, 4) is 11.3 Å². The van der Waals surface area contributed by atoms with Crippen molar-refractivity contribution in [3.63, 3.8) is 0 Å². The second-order valence-electron chi connectivity index (χ2n) is 5.45. The minimum absolute atomic E-state index is 0.0743. The fourth-order valence-electron chi connectivity index (χ4n) is 2.22. The molecule has 0 fully saturated rings. The van der Waals surface area contributed by atoms with Gasteiger partial charge in [-0.05, 0) is 25.1 Å². The molecule has 3 aromatic rings.